The highest BCUT2D eigenvalue weighted by Gasteiger charge is 2.15. The van der Waals surface area contributed by atoms with Crippen molar-refractivity contribution in [3.8, 4) is 6.07 Å². The first-order valence-electron chi connectivity index (χ1n) is 4.24. The van der Waals surface area contributed by atoms with Crippen molar-refractivity contribution in [2.75, 3.05) is 0 Å². The number of aromatic nitrogens is 2. The topological polar surface area (TPSA) is 41.6 Å². The Bertz CT molecular complexity index is 348. The summed E-state index contributed by atoms with van der Waals surface area (Å²) in [6.07, 6.45) is 0.796. The zero-order valence-electron chi connectivity index (χ0n) is 8.00. The monoisotopic (exact) mass is 197 g/mol. The van der Waals surface area contributed by atoms with E-state index in [0.29, 0.717) is 5.15 Å². The lowest BCUT2D eigenvalue weighted by atomic mass is 10.3. The van der Waals surface area contributed by atoms with E-state index in [4.69, 9.17) is 16.9 Å². The second kappa shape index (κ2) is 3.80. The van der Waals surface area contributed by atoms with Crippen LogP contribution in [-0.4, -0.2) is 9.55 Å². The van der Waals surface area contributed by atoms with Crippen LogP contribution in [0.1, 0.15) is 31.4 Å². The molecular formula is C9H12ClN3. The van der Waals surface area contributed by atoms with Crippen LogP contribution in [0.5, 0.6) is 0 Å². The van der Waals surface area contributed by atoms with Crippen LogP contribution in [0.25, 0.3) is 0 Å². The van der Waals surface area contributed by atoms with Crippen LogP contribution < -0.4 is 0 Å². The number of hydrogen-bond donors (Lipinski definition) is 0. The summed E-state index contributed by atoms with van der Waals surface area (Å²) in [7, 11) is 0. The van der Waals surface area contributed by atoms with Gasteiger partial charge in [0.1, 0.15) is 17.0 Å². The summed E-state index contributed by atoms with van der Waals surface area (Å²) >= 11 is 6.05. The van der Waals surface area contributed by atoms with Gasteiger partial charge < -0.3 is 4.57 Å². The fourth-order valence-corrected chi connectivity index (χ4v) is 1.75. The van der Waals surface area contributed by atoms with Crippen LogP contribution in [0.4, 0.5) is 0 Å². The fourth-order valence-electron chi connectivity index (χ4n) is 1.31. The smallest absolute Gasteiger partial charge is 0.133 e. The lowest BCUT2D eigenvalue weighted by Gasteiger charge is -2.07. The standard InChI is InChI=1S/C9H12ClN3/c1-4-8-9(10)13(6(2)5-11)7(3)12-8/h6H,4H2,1-3H3. The van der Waals surface area contributed by atoms with E-state index in [1.807, 2.05) is 13.8 Å². The molecule has 0 aliphatic carbocycles. The quantitative estimate of drug-likeness (QED) is 0.731. The molecule has 0 aromatic carbocycles. The van der Waals surface area contributed by atoms with Gasteiger partial charge in [-0.2, -0.15) is 5.26 Å². The van der Waals surface area contributed by atoms with Crippen LogP contribution in [0, 0.1) is 18.3 Å². The highest BCUT2D eigenvalue weighted by Crippen LogP contribution is 2.22. The van der Waals surface area contributed by atoms with Crippen molar-refractivity contribution in [3.63, 3.8) is 0 Å². The van der Waals surface area contributed by atoms with Gasteiger partial charge in [0.05, 0.1) is 11.8 Å². The van der Waals surface area contributed by atoms with Crippen LogP contribution in [-0.2, 0) is 6.42 Å². The molecule has 70 valence electrons. The first-order chi connectivity index (χ1) is 6.11. The highest BCUT2D eigenvalue weighted by atomic mass is 35.5. The molecule has 0 N–H and O–H groups in total. The molecule has 1 atom stereocenters. The highest BCUT2D eigenvalue weighted by molar-refractivity contribution is 6.30. The van der Waals surface area contributed by atoms with E-state index < -0.39 is 0 Å². The fraction of sp³-hybridized carbons (Fsp3) is 0.556. The van der Waals surface area contributed by atoms with Gasteiger partial charge in [-0.25, -0.2) is 4.98 Å². The van der Waals surface area contributed by atoms with E-state index in [2.05, 4.69) is 11.1 Å². The summed E-state index contributed by atoms with van der Waals surface area (Å²) in [5.41, 5.74) is 0.862. The predicted octanol–water partition coefficient (Wildman–Crippen LogP) is 2.49. The van der Waals surface area contributed by atoms with Crippen LogP contribution >= 0.6 is 11.6 Å². The Morgan fingerprint density at radius 2 is 2.31 bits per heavy atom. The maximum absolute atomic E-state index is 8.76. The average molecular weight is 198 g/mol. The van der Waals surface area contributed by atoms with Gasteiger partial charge in [0.2, 0.25) is 0 Å². The third-order valence-electron chi connectivity index (χ3n) is 2.00. The maximum atomic E-state index is 8.76. The Labute approximate surface area is 83.0 Å². The number of imidazole rings is 1. The minimum Gasteiger partial charge on any atom is -0.303 e. The van der Waals surface area contributed by atoms with Gasteiger partial charge in [-0.1, -0.05) is 18.5 Å². The molecule has 13 heavy (non-hydrogen) atoms. The molecule has 1 unspecified atom stereocenters. The number of nitrogens with zero attached hydrogens (tertiary/aromatic N) is 3. The molecule has 0 amide bonds. The summed E-state index contributed by atoms with van der Waals surface area (Å²) in [6.45, 7) is 5.66. The number of halogens is 1. The van der Waals surface area contributed by atoms with Crippen molar-refractivity contribution in [1.82, 2.24) is 9.55 Å². The zero-order valence-corrected chi connectivity index (χ0v) is 8.76. The summed E-state index contributed by atoms with van der Waals surface area (Å²) in [4.78, 5) is 4.28. The van der Waals surface area contributed by atoms with Gasteiger partial charge in [-0.05, 0) is 20.3 Å². The molecule has 1 rings (SSSR count). The lowest BCUT2D eigenvalue weighted by Crippen LogP contribution is -2.04. The molecule has 0 bridgehead atoms. The average Bonchev–Trinajstić information content (AvgIpc) is 2.40. The Morgan fingerprint density at radius 3 is 2.69 bits per heavy atom. The summed E-state index contributed by atoms with van der Waals surface area (Å²) in [5, 5.41) is 9.35. The zero-order chi connectivity index (χ0) is 10.0. The molecule has 0 aliphatic heterocycles. The molecule has 0 aliphatic rings. The Balaban J connectivity index is 3.22. The Kier molecular flexibility index (Phi) is 2.94. The second-order valence-electron chi connectivity index (χ2n) is 2.93. The summed E-state index contributed by atoms with van der Waals surface area (Å²) in [6, 6.07) is 1.89. The largest absolute Gasteiger partial charge is 0.303 e. The minimum absolute atomic E-state index is 0.250. The van der Waals surface area contributed by atoms with E-state index in [9.17, 15) is 0 Å². The van der Waals surface area contributed by atoms with Crippen molar-refractivity contribution < 1.29 is 0 Å². The number of aryl methyl sites for hydroxylation is 2. The molecule has 1 aromatic rings. The van der Waals surface area contributed by atoms with Crippen molar-refractivity contribution in [2.24, 2.45) is 0 Å². The van der Waals surface area contributed by atoms with E-state index in [1.54, 1.807) is 11.5 Å². The van der Waals surface area contributed by atoms with E-state index in [-0.39, 0.29) is 6.04 Å². The molecule has 0 fully saturated rings. The van der Waals surface area contributed by atoms with Gasteiger partial charge in [0, 0.05) is 0 Å². The van der Waals surface area contributed by atoms with Crippen LogP contribution in [0.3, 0.4) is 0 Å². The van der Waals surface area contributed by atoms with E-state index >= 15 is 0 Å². The van der Waals surface area contributed by atoms with Gasteiger partial charge in [0.25, 0.3) is 0 Å². The molecule has 0 radical (unpaired) electrons. The van der Waals surface area contributed by atoms with Crippen molar-refractivity contribution in [2.45, 2.75) is 33.2 Å². The normalized spacial score (nSPS) is 12.5. The van der Waals surface area contributed by atoms with Gasteiger partial charge in [-0.3, -0.25) is 0 Å². The predicted molar refractivity (Wildman–Crippen MR) is 51.7 cm³/mol. The molecule has 1 aromatic heterocycles. The number of nitriles is 1. The number of hydrogen-bond acceptors (Lipinski definition) is 2. The van der Waals surface area contributed by atoms with E-state index in [1.165, 1.54) is 0 Å². The third kappa shape index (κ3) is 1.68. The summed E-state index contributed by atoms with van der Waals surface area (Å²) in [5.74, 6) is 0.802. The van der Waals surface area contributed by atoms with Crippen molar-refractivity contribution >= 4 is 11.6 Å². The van der Waals surface area contributed by atoms with Crippen molar-refractivity contribution in [3.05, 3.63) is 16.7 Å². The Morgan fingerprint density at radius 1 is 1.69 bits per heavy atom. The maximum Gasteiger partial charge on any atom is 0.133 e. The molecule has 0 spiro atoms. The molecule has 1 heterocycles. The molecular weight excluding hydrogens is 186 g/mol. The SMILES string of the molecule is CCc1nc(C)n(C(C)C#N)c1Cl. The third-order valence-corrected chi connectivity index (χ3v) is 2.40. The first-order valence-corrected chi connectivity index (χ1v) is 4.62. The van der Waals surface area contributed by atoms with Gasteiger partial charge in [0.15, 0.2) is 0 Å². The number of rotatable bonds is 2. The first kappa shape index (κ1) is 10.1. The van der Waals surface area contributed by atoms with Crippen LogP contribution in [0.15, 0.2) is 0 Å². The second-order valence-corrected chi connectivity index (χ2v) is 3.28. The van der Waals surface area contributed by atoms with Crippen LogP contribution in [0.2, 0.25) is 5.15 Å². The lowest BCUT2D eigenvalue weighted by molar-refractivity contribution is 0.650. The van der Waals surface area contributed by atoms with Crippen molar-refractivity contribution in [1.29, 1.82) is 5.26 Å². The molecule has 0 saturated heterocycles. The van der Waals surface area contributed by atoms with E-state index in [0.717, 1.165) is 17.9 Å². The molecule has 0 saturated carbocycles. The summed E-state index contributed by atoms with van der Waals surface area (Å²) < 4.78 is 1.75. The van der Waals surface area contributed by atoms with Gasteiger partial charge in [-0.15, -0.1) is 0 Å². The Hall–Kier alpha value is -1.01. The molecule has 3 nitrogen and oxygen atoms in total. The van der Waals surface area contributed by atoms with Gasteiger partial charge >= 0.3 is 0 Å². The minimum atomic E-state index is -0.250. The molecule has 4 heteroatoms.